The molecule has 7 nitrogen and oxygen atoms in total. The van der Waals surface area contributed by atoms with Crippen LogP contribution in [0.2, 0.25) is 0 Å². The van der Waals surface area contributed by atoms with Crippen LogP contribution in [0, 0.1) is 6.92 Å². The van der Waals surface area contributed by atoms with Crippen molar-refractivity contribution in [2.75, 3.05) is 18.5 Å². The van der Waals surface area contributed by atoms with E-state index in [-0.39, 0.29) is 5.41 Å². The van der Waals surface area contributed by atoms with Crippen molar-refractivity contribution in [1.82, 2.24) is 15.2 Å². The lowest BCUT2D eigenvalue weighted by Crippen LogP contribution is -2.22. The van der Waals surface area contributed by atoms with Gasteiger partial charge in [0.25, 0.3) is 5.89 Å². The first-order valence-corrected chi connectivity index (χ1v) is 10.4. The minimum atomic E-state index is -0.753. The van der Waals surface area contributed by atoms with Crippen LogP contribution in [-0.4, -0.2) is 39.0 Å². The first-order valence-electron chi connectivity index (χ1n) is 10.4. The van der Waals surface area contributed by atoms with E-state index in [9.17, 15) is 5.11 Å². The summed E-state index contributed by atoms with van der Waals surface area (Å²) in [4.78, 5) is 4.89. The number of aliphatic hydroxyl groups is 1. The van der Waals surface area contributed by atoms with Gasteiger partial charge in [-0.3, -0.25) is 0 Å². The molecule has 0 aliphatic rings. The van der Waals surface area contributed by atoms with Crippen molar-refractivity contribution in [3.8, 4) is 17.3 Å². The molecule has 1 aromatic carbocycles. The second kappa shape index (κ2) is 8.22. The topological polar surface area (TPSA) is 93.3 Å². The smallest absolute Gasteiger partial charge is 0.315 e. The van der Waals surface area contributed by atoms with Crippen molar-refractivity contribution in [2.24, 2.45) is 0 Å². The van der Waals surface area contributed by atoms with Crippen molar-refractivity contribution < 1.29 is 14.3 Å². The summed E-state index contributed by atoms with van der Waals surface area (Å²) in [6, 6.07) is 6.38. The fraction of sp³-hybridized carbons (Fsp3) is 0.522. The van der Waals surface area contributed by atoms with Gasteiger partial charge in [0.15, 0.2) is 0 Å². The standard InChI is InChI=1S/C23H32N4O3/c1-8-29-15-12-16-14(2)11-18(25-19(16)17(13-15)22(3,4)5)20-26-27-21(30-20)24-10-9-23(6,7)28/h11-13,28H,8-10H2,1-7H3,(H,24,27). The summed E-state index contributed by atoms with van der Waals surface area (Å²) in [7, 11) is 0. The minimum absolute atomic E-state index is 0.109. The monoisotopic (exact) mass is 412 g/mol. The molecule has 0 atom stereocenters. The van der Waals surface area contributed by atoms with Gasteiger partial charge >= 0.3 is 6.01 Å². The summed E-state index contributed by atoms with van der Waals surface area (Å²) in [6.07, 6.45) is 0.565. The van der Waals surface area contributed by atoms with Crippen molar-refractivity contribution in [1.29, 1.82) is 0 Å². The summed E-state index contributed by atoms with van der Waals surface area (Å²) in [6.45, 7) is 15.2. The number of ether oxygens (including phenoxy) is 1. The molecule has 2 N–H and O–H groups in total. The first kappa shape index (κ1) is 22.0. The van der Waals surface area contributed by atoms with Crippen molar-refractivity contribution >= 4 is 16.9 Å². The molecule has 0 spiro atoms. The molecule has 0 saturated heterocycles. The highest BCUT2D eigenvalue weighted by molar-refractivity contribution is 5.89. The number of hydrogen-bond acceptors (Lipinski definition) is 7. The van der Waals surface area contributed by atoms with Crippen LogP contribution in [0.5, 0.6) is 5.75 Å². The summed E-state index contributed by atoms with van der Waals surface area (Å²) >= 11 is 0. The molecule has 2 heterocycles. The maximum absolute atomic E-state index is 9.83. The number of nitrogens with one attached hydrogen (secondary N) is 1. The number of aryl methyl sites for hydroxylation is 1. The van der Waals surface area contributed by atoms with Crippen LogP contribution in [0.1, 0.15) is 59.1 Å². The first-order chi connectivity index (χ1) is 14.0. The van der Waals surface area contributed by atoms with Gasteiger partial charge < -0.3 is 19.6 Å². The van der Waals surface area contributed by atoms with Gasteiger partial charge in [-0.25, -0.2) is 4.98 Å². The van der Waals surface area contributed by atoms with Crippen LogP contribution in [0.3, 0.4) is 0 Å². The lowest BCUT2D eigenvalue weighted by atomic mass is 9.84. The second-order valence-corrected chi connectivity index (χ2v) is 9.28. The third-order valence-electron chi connectivity index (χ3n) is 4.87. The molecule has 3 rings (SSSR count). The van der Waals surface area contributed by atoms with E-state index in [2.05, 4.69) is 49.3 Å². The highest BCUT2D eigenvalue weighted by atomic mass is 16.5. The molecule has 0 unspecified atom stereocenters. The van der Waals surface area contributed by atoms with E-state index in [4.69, 9.17) is 14.1 Å². The Kier molecular flexibility index (Phi) is 6.04. The van der Waals surface area contributed by atoms with Gasteiger partial charge in [0.1, 0.15) is 11.4 Å². The van der Waals surface area contributed by atoms with Crippen molar-refractivity contribution in [2.45, 2.75) is 65.9 Å². The Morgan fingerprint density at radius 3 is 2.47 bits per heavy atom. The molecule has 0 amide bonds. The van der Waals surface area contributed by atoms with Gasteiger partial charge in [-0.15, -0.1) is 5.10 Å². The highest BCUT2D eigenvalue weighted by Crippen LogP contribution is 2.36. The molecule has 0 fully saturated rings. The highest BCUT2D eigenvalue weighted by Gasteiger charge is 2.22. The zero-order valence-corrected chi connectivity index (χ0v) is 19.0. The van der Waals surface area contributed by atoms with E-state index >= 15 is 0 Å². The summed E-state index contributed by atoms with van der Waals surface area (Å²) in [5.74, 6) is 1.21. The van der Waals surface area contributed by atoms with Crippen LogP contribution in [0.25, 0.3) is 22.5 Å². The van der Waals surface area contributed by atoms with Crippen LogP contribution in [-0.2, 0) is 5.41 Å². The molecule has 0 aliphatic carbocycles. The Bertz CT molecular complexity index is 1030. The number of anilines is 1. The summed E-state index contributed by atoms with van der Waals surface area (Å²) in [5.41, 5.74) is 2.86. The largest absolute Gasteiger partial charge is 0.494 e. The van der Waals surface area contributed by atoms with Crippen LogP contribution >= 0.6 is 0 Å². The van der Waals surface area contributed by atoms with E-state index in [1.165, 1.54) is 0 Å². The Hall–Kier alpha value is -2.67. The molecule has 0 bridgehead atoms. The Balaban J connectivity index is 1.99. The average Bonchev–Trinajstić information content (AvgIpc) is 3.09. The predicted molar refractivity (Wildman–Crippen MR) is 119 cm³/mol. The van der Waals surface area contributed by atoms with Crippen molar-refractivity contribution in [3.63, 3.8) is 0 Å². The zero-order chi connectivity index (χ0) is 22.1. The molecule has 0 saturated carbocycles. The number of fused-ring (bicyclic) bond motifs is 1. The number of pyridine rings is 1. The fourth-order valence-corrected chi connectivity index (χ4v) is 3.27. The van der Waals surface area contributed by atoms with Gasteiger partial charge in [-0.1, -0.05) is 25.9 Å². The molecule has 7 heteroatoms. The number of nitrogens with zero attached hydrogens (tertiary/aromatic N) is 3. The fourth-order valence-electron chi connectivity index (χ4n) is 3.27. The number of hydrogen-bond donors (Lipinski definition) is 2. The maximum Gasteiger partial charge on any atom is 0.315 e. The Morgan fingerprint density at radius 2 is 1.83 bits per heavy atom. The minimum Gasteiger partial charge on any atom is -0.494 e. The Labute approximate surface area is 177 Å². The molecule has 2 aromatic heterocycles. The molecule has 0 aliphatic heterocycles. The van der Waals surface area contributed by atoms with Crippen LogP contribution in [0.4, 0.5) is 6.01 Å². The average molecular weight is 413 g/mol. The normalized spacial score (nSPS) is 12.4. The predicted octanol–water partition coefficient (Wildman–Crippen LogP) is 4.86. The maximum atomic E-state index is 9.83. The van der Waals surface area contributed by atoms with Crippen molar-refractivity contribution in [3.05, 3.63) is 29.3 Å². The molecular formula is C23H32N4O3. The van der Waals surface area contributed by atoms with E-state index in [1.54, 1.807) is 13.8 Å². The van der Waals surface area contributed by atoms with Gasteiger partial charge in [0.2, 0.25) is 0 Å². The SMILES string of the molecule is CCOc1cc(C(C)(C)C)c2nc(-c3nnc(NCCC(C)(C)O)o3)cc(C)c2c1. The molecule has 162 valence electrons. The molecule has 30 heavy (non-hydrogen) atoms. The second-order valence-electron chi connectivity index (χ2n) is 9.28. The summed E-state index contributed by atoms with van der Waals surface area (Å²) in [5, 5.41) is 22.2. The van der Waals surface area contributed by atoms with E-state index in [0.717, 1.165) is 27.8 Å². The van der Waals surface area contributed by atoms with Crippen LogP contribution in [0.15, 0.2) is 22.6 Å². The number of rotatable bonds is 7. The third kappa shape index (κ3) is 5.08. The van der Waals surface area contributed by atoms with E-state index < -0.39 is 5.60 Å². The number of aromatic nitrogens is 3. The lowest BCUT2D eigenvalue weighted by molar-refractivity contribution is 0.0747. The quantitative estimate of drug-likeness (QED) is 0.572. The van der Waals surface area contributed by atoms with Gasteiger partial charge in [-0.05, 0) is 68.9 Å². The molecule has 3 aromatic rings. The molecular weight excluding hydrogens is 380 g/mol. The lowest BCUT2D eigenvalue weighted by Gasteiger charge is -2.22. The Morgan fingerprint density at radius 1 is 1.10 bits per heavy atom. The summed E-state index contributed by atoms with van der Waals surface area (Å²) < 4.78 is 11.6. The van der Waals surface area contributed by atoms with Crippen LogP contribution < -0.4 is 10.1 Å². The van der Waals surface area contributed by atoms with Gasteiger partial charge in [-0.2, -0.15) is 0 Å². The number of benzene rings is 1. The molecule has 0 radical (unpaired) electrons. The van der Waals surface area contributed by atoms with Gasteiger partial charge in [0.05, 0.1) is 17.7 Å². The van der Waals surface area contributed by atoms with E-state index in [0.29, 0.717) is 37.2 Å². The van der Waals surface area contributed by atoms with Gasteiger partial charge in [0, 0.05) is 11.9 Å². The van der Waals surface area contributed by atoms with E-state index in [1.807, 2.05) is 19.1 Å². The zero-order valence-electron chi connectivity index (χ0n) is 19.0. The third-order valence-corrected chi connectivity index (χ3v) is 4.87.